The van der Waals surface area contributed by atoms with E-state index >= 15 is 0 Å². The first-order valence-corrected chi connectivity index (χ1v) is 7.82. The lowest BCUT2D eigenvalue weighted by atomic mass is 10.1. The first-order chi connectivity index (χ1) is 8.54. The molecule has 0 bridgehead atoms. The zero-order valence-electron chi connectivity index (χ0n) is 10.8. The summed E-state index contributed by atoms with van der Waals surface area (Å²) in [6, 6.07) is 7.04. The van der Waals surface area contributed by atoms with Gasteiger partial charge < -0.3 is 5.32 Å². The lowest BCUT2D eigenvalue weighted by molar-refractivity contribution is 0.476. The van der Waals surface area contributed by atoms with Crippen molar-refractivity contribution >= 4 is 15.7 Å². The number of benzene rings is 1. The number of hydrogen-bond acceptors (Lipinski definition) is 3. The van der Waals surface area contributed by atoms with Crippen LogP contribution in [0.3, 0.4) is 0 Å². The zero-order valence-corrected chi connectivity index (χ0v) is 11.6. The van der Waals surface area contributed by atoms with Gasteiger partial charge in [0.2, 0.25) is 10.0 Å². The van der Waals surface area contributed by atoms with Crippen LogP contribution in [0.2, 0.25) is 0 Å². The molecule has 1 aliphatic rings. The Morgan fingerprint density at radius 1 is 1.22 bits per heavy atom. The maximum atomic E-state index is 12.4. The van der Waals surface area contributed by atoms with Crippen LogP contribution in [0.1, 0.15) is 26.2 Å². The molecule has 100 valence electrons. The van der Waals surface area contributed by atoms with Gasteiger partial charge >= 0.3 is 0 Å². The highest BCUT2D eigenvalue weighted by Crippen LogP contribution is 2.27. The maximum Gasteiger partial charge on any atom is 0.242 e. The second kappa shape index (κ2) is 5.28. The Bertz CT molecular complexity index is 513. The van der Waals surface area contributed by atoms with Crippen LogP contribution < -0.4 is 10.0 Å². The number of para-hydroxylation sites is 1. The van der Waals surface area contributed by atoms with Gasteiger partial charge in [0.25, 0.3) is 0 Å². The lowest BCUT2D eigenvalue weighted by Gasteiger charge is -2.18. The van der Waals surface area contributed by atoms with Crippen molar-refractivity contribution < 1.29 is 8.42 Å². The molecule has 4 nitrogen and oxygen atoms in total. The van der Waals surface area contributed by atoms with Crippen molar-refractivity contribution in [1.29, 1.82) is 0 Å². The minimum absolute atomic E-state index is 0.0694. The SMILES string of the molecule is CNc1ccccc1S(=O)(=O)NC1CCCC1C. The van der Waals surface area contributed by atoms with Crippen LogP contribution in [0, 0.1) is 5.92 Å². The number of rotatable bonds is 4. The number of sulfonamides is 1. The molecule has 1 aromatic carbocycles. The molecule has 2 atom stereocenters. The molecule has 0 heterocycles. The molecule has 1 saturated carbocycles. The van der Waals surface area contributed by atoms with E-state index in [4.69, 9.17) is 0 Å². The molecule has 18 heavy (non-hydrogen) atoms. The second-order valence-corrected chi connectivity index (χ2v) is 6.56. The summed E-state index contributed by atoms with van der Waals surface area (Å²) < 4.78 is 27.6. The molecular weight excluding hydrogens is 248 g/mol. The van der Waals surface area contributed by atoms with E-state index in [2.05, 4.69) is 17.0 Å². The summed E-state index contributed by atoms with van der Waals surface area (Å²) in [4.78, 5) is 0.326. The van der Waals surface area contributed by atoms with Gasteiger partial charge in [-0.2, -0.15) is 0 Å². The monoisotopic (exact) mass is 268 g/mol. The Balaban J connectivity index is 2.25. The smallest absolute Gasteiger partial charge is 0.242 e. The first-order valence-electron chi connectivity index (χ1n) is 6.33. The van der Waals surface area contributed by atoms with Gasteiger partial charge in [-0.15, -0.1) is 0 Å². The van der Waals surface area contributed by atoms with Crippen molar-refractivity contribution in [2.45, 2.75) is 37.1 Å². The molecule has 0 spiro atoms. The van der Waals surface area contributed by atoms with Crippen LogP contribution in [-0.4, -0.2) is 21.5 Å². The maximum absolute atomic E-state index is 12.4. The van der Waals surface area contributed by atoms with E-state index in [0.29, 0.717) is 16.5 Å². The number of nitrogens with one attached hydrogen (secondary N) is 2. The van der Waals surface area contributed by atoms with Gasteiger partial charge in [-0.1, -0.05) is 25.5 Å². The summed E-state index contributed by atoms with van der Waals surface area (Å²) in [6.45, 7) is 2.10. The van der Waals surface area contributed by atoms with E-state index in [1.807, 2.05) is 6.07 Å². The topological polar surface area (TPSA) is 58.2 Å². The van der Waals surface area contributed by atoms with Crippen LogP contribution in [0.4, 0.5) is 5.69 Å². The Labute approximate surface area is 109 Å². The third-order valence-electron chi connectivity index (χ3n) is 3.61. The minimum Gasteiger partial charge on any atom is -0.387 e. The normalized spacial score (nSPS) is 24.1. The lowest BCUT2D eigenvalue weighted by Crippen LogP contribution is -2.36. The average molecular weight is 268 g/mol. The molecule has 1 fully saturated rings. The molecule has 0 saturated heterocycles. The molecular formula is C13H20N2O2S. The van der Waals surface area contributed by atoms with E-state index in [-0.39, 0.29) is 6.04 Å². The molecule has 0 radical (unpaired) electrons. The van der Waals surface area contributed by atoms with Crippen LogP contribution in [0.5, 0.6) is 0 Å². The van der Waals surface area contributed by atoms with Gasteiger partial charge in [0.15, 0.2) is 0 Å². The molecule has 0 amide bonds. The fraction of sp³-hybridized carbons (Fsp3) is 0.538. The van der Waals surface area contributed by atoms with Crippen LogP contribution in [-0.2, 0) is 10.0 Å². The van der Waals surface area contributed by atoms with Gasteiger partial charge in [0, 0.05) is 13.1 Å². The highest BCUT2D eigenvalue weighted by Gasteiger charge is 2.29. The highest BCUT2D eigenvalue weighted by molar-refractivity contribution is 7.89. The predicted molar refractivity (Wildman–Crippen MR) is 73.1 cm³/mol. The van der Waals surface area contributed by atoms with Crippen molar-refractivity contribution in [1.82, 2.24) is 4.72 Å². The standard InChI is InChI=1S/C13H20N2O2S/c1-10-6-5-8-11(10)15-18(16,17)13-9-4-3-7-12(13)14-2/h3-4,7,9-11,14-15H,5-6,8H2,1-2H3. The first kappa shape index (κ1) is 13.4. The van der Waals surface area contributed by atoms with E-state index in [0.717, 1.165) is 19.3 Å². The Morgan fingerprint density at radius 3 is 2.56 bits per heavy atom. The Hall–Kier alpha value is -1.07. The van der Waals surface area contributed by atoms with Crippen LogP contribution in [0.25, 0.3) is 0 Å². The predicted octanol–water partition coefficient (Wildman–Crippen LogP) is 2.20. The molecule has 2 unspecified atom stereocenters. The third kappa shape index (κ3) is 2.67. The number of hydrogen-bond donors (Lipinski definition) is 2. The van der Waals surface area contributed by atoms with Crippen molar-refractivity contribution in [3.63, 3.8) is 0 Å². The fourth-order valence-electron chi connectivity index (χ4n) is 2.49. The molecule has 1 aliphatic carbocycles. The van der Waals surface area contributed by atoms with Gasteiger partial charge in [-0.05, 0) is 30.9 Å². The molecule has 0 aliphatic heterocycles. The van der Waals surface area contributed by atoms with E-state index < -0.39 is 10.0 Å². The van der Waals surface area contributed by atoms with Crippen molar-refractivity contribution in [3.8, 4) is 0 Å². The van der Waals surface area contributed by atoms with Gasteiger partial charge in [-0.25, -0.2) is 13.1 Å². The molecule has 0 aromatic heterocycles. The second-order valence-electron chi connectivity index (χ2n) is 4.88. The highest BCUT2D eigenvalue weighted by atomic mass is 32.2. The summed E-state index contributed by atoms with van der Waals surface area (Å²) >= 11 is 0. The molecule has 2 rings (SSSR count). The summed E-state index contributed by atoms with van der Waals surface area (Å²) in [7, 11) is -1.70. The van der Waals surface area contributed by atoms with E-state index in [1.165, 1.54) is 0 Å². The fourth-order valence-corrected chi connectivity index (χ4v) is 4.08. The quantitative estimate of drug-likeness (QED) is 0.880. The Morgan fingerprint density at radius 2 is 1.94 bits per heavy atom. The van der Waals surface area contributed by atoms with Crippen molar-refractivity contribution in [3.05, 3.63) is 24.3 Å². The van der Waals surface area contributed by atoms with Crippen LogP contribution in [0.15, 0.2) is 29.2 Å². The average Bonchev–Trinajstić information content (AvgIpc) is 2.74. The molecule has 1 aromatic rings. The molecule has 5 heteroatoms. The summed E-state index contributed by atoms with van der Waals surface area (Å²) in [5, 5.41) is 2.92. The van der Waals surface area contributed by atoms with E-state index in [9.17, 15) is 8.42 Å². The zero-order chi connectivity index (χ0) is 13.2. The largest absolute Gasteiger partial charge is 0.387 e. The Kier molecular flexibility index (Phi) is 3.92. The van der Waals surface area contributed by atoms with Crippen LogP contribution >= 0.6 is 0 Å². The van der Waals surface area contributed by atoms with Crippen molar-refractivity contribution in [2.75, 3.05) is 12.4 Å². The van der Waals surface area contributed by atoms with Crippen molar-refractivity contribution in [2.24, 2.45) is 5.92 Å². The van der Waals surface area contributed by atoms with Gasteiger partial charge in [0.05, 0.1) is 5.69 Å². The molecule has 2 N–H and O–H groups in total. The van der Waals surface area contributed by atoms with Gasteiger partial charge in [0.1, 0.15) is 4.90 Å². The summed E-state index contributed by atoms with van der Waals surface area (Å²) in [5.41, 5.74) is 0.635. The summed E-state index contributed by atoms with van der Waals surface area (Å²) in [6.07, 6.45) is 3.13. The minimum atomic E-state index is -3.43. The van der Waals surface area contributed by atoms with E-state index in [1.54, 1.807) is 25.2 Å². The van der Waals surface area contributed by atoms with Gasteiger partial charge in [-0.3, -0.25) is 0 Å². The summed E-state index contributed by atoms with van der Waals surface area (Å²) in [5.74, 6) is 0.418. The third-order valence-corrected chi connectivity index (χ3v) is 5.16. The number of anilines is 1.